The van der Waals surface area contributed by atoms with E-state index >= 15 is 0 Å². The number of aryl methyl sites for hydroxylation is 1. The second-order valence-corrected chi connectivity index (χ2v) is 5.04. The minimum Gasteiger partial charge on any atom is -0.384 e. The molecule has 0 atom stereocenters. The number of rotatable bonds is 5. The van der Waals surface area contributed by atoms with Gasteiger partial charge in [0.1, 0.15) is 11.6 Å². The maximum Gasteiger partial charge on any atom is 0.127 e. The Morgan fingerprint density at radius 1 is 1.33 bits per heavy atom. The van der Waals surface area contributed by atoms with Gasteiger partial charge in [-0.25, -0.2) is 4.98 Å². The predicted octanol–water partition coefficient (Wildman–Crippen LogP) is 2.72. The molecule has 2 rings (SSSR count). The summed E-state index contributed by atoms with van der Waals surface area (Å²) < 4.78 is 7.63. The van der Waals surface area contributed by atoms with E-state index in [0.29, 0.717) is 5.92 Å². The third-order valence-electron chi connectivity index (χ3n) is 3.77. The topological polar surface area (TPSA) is 53.1 Å². The highest BCUT2D eigenvalue weighted by Gasteiger charge is 2.23. The monoisotopic (exact) mass is 251 g/mol. The average molecular weight is 251 g/mol. The number of ether oxygens (including phenoxy) is 1. The van der Waals surface area contributed by atoms with Gasteiger partial charge in [-0.2, -0.15) is 0 Å². The Bertz CT molecular complexity index is 381. The number of hydrogen-bond donors (Lipinski definition) is 1. The Kier molecular flexibility index (Phi) is 4.64. The van der Waals surface area contributed by atoms with Gasteiger partial charge in [-0.15, -0.1) is 0 Å². The van der Waals surface area contributed by atoms with E-state index in [-0.39, 0.29) is 0 Å². The van der Waals surface area contributed by atoms with Crippen LogP contribution in [0.3, 0.4) is 0 Å². The Hall–Kier alpha value is -1.03. The lowest BCUT2D eigenvalue weighted by Gasteiger charge is -2.21. The van der Waals surface area contributed by atoms with Crippen molar-refractivity contribution in [3.8, 4) is 0 Å². The fourth-order valence-electron chi connectivity index (χ4n) is 2.64. The maximum absolute atomic E-state index is 6.31. The Labute approximate surface area is 110 Å². The highest BCUT2D eigenvalue weighted by Crippen LogP contribution is 2.31. The summed E-state index contributed by atoms with van der Waals surface area (Å²) in [4.78, 5) is 4.79. The zero-order valence-corrected chi connectivity index (χ0v) is 11.6. The van der Waals surface area contributed by atoms with Gasteiger partial charge < -0.3 is 15.0 Å². The first-order valence-electron chi connectivity index (χ1n) is 7.20. The summed E-state index contributed by atoms with van der Waals surface area (Å²) in [6, 6.07) is 0. The van der Waals surface area contributed by atoms with Crippen LogP contribution in [0, 0.1) is 0 Å². The molecule has 2 heterocycles. The van der Waals surface area contributed by atoms with Crippen molar-refractivity contribution in [2.24, 2.45) is 0 Å². The number of aromatic nitrogens is 2. The lowest BCUT2D eigenvalue weighted by Crippen LogP contribution is -2.16. The first-order valence-corrected chi connectivity index (χ1v) is 7.20. The van der Waals surface area contributed by atoms with Gasteiger partial charge in [0.15, 0.2) is 0 Å². The molecule has 0 bridgehead atoms. The normalized spacial score (nSPS) is 17.2. The van der Waals surface area contributed by atoms with Crippen molar-refractivity contribution < 1.29 is 4.74 Å². The highest BCUT2D eigenvalue weighted by molar-refractivity contribution is 5.41. The molecule has 0 radical (unpaired) electrons. The molecule has 1 fully saturated rings. The van der Waals surface area contributed by atoms with E-state index in [9.17, 15) is 0 Å². The van der Waals surface area contributed by atoms with E-state index < -0.39 is 0 Å². The van der Waals surface area contributed by atoms with Crippen LogP contribution < -0.4 is 5.73 Å². The molecule has 1 aliphatic heterocycles. The van der Waals surface area contributed by atoms with Gasteiger partial charge in [0.2, 0.25) is 0 Å². The quantitative estimate of drug-likeness (QED) is 0.875. The molecule has 0 amide bonds. The van der Waals surface area contributed by atoms with Gasteiger partial charge in [0.05, 0.1) is 5.69 Å². The van der Waals surface area contributed by atoms with Gasteiger partial charge in [-0.05, 0) is 19.3 Å². The summed E-state index contributed by atoms with van der Waals surface area (Å²) in [7, 11) is 0. The third-order valence-corrected chi connectivity index (χ3v) is 3.77. The average Bonchev–Trinajstić information content (AvgIpc) is 2.74. The molecule has 102 valence electrons. The molecule has 1 aliphatic rings. The van der Waals surface area contributed by atoms with Crippen molar-refractivity contribution in [2.45, 2.75) is 58.4 Å². The van der Waals surface area contributed by atoms with E-state index in [1.54, 1.807) is 0 Å². The molecule has 0 unspecified atom stereocenters. The molecule has 0 aliphatic carbocycles. The molecular weight excluding hydrogens is 226 g/mol. The van der Waals surface area contributed by atoms with E-state index in [4.69, 9.17) is 15.5 Å². The second-order valence-electron chi connectivity index (χ2n) is 5.04. The standard InChI is InChI=1S/C14H25N3O/c1-3-5-8-17-12(4-2)16-13(14(17)15)11-6-9-18-10-7-11/h11H,3-10,15H2,1-2H3. The maximum atomic E-state index is 6.31. The van der Waals surface area contributed by atoms with Gasteiger partial charge in [0.25, 0.3) is 0 Å². The molecule has 1 aromatic rings. The SMILES string of the molecule is CCCCn1c(CC)nc(C2CCOCC2)c1N. The van der Waals surface area contributed by atoms with Crippen molar-refractivity contribution in [1.29, 1.82) is 0 Å². The fourth-order valence-corrected chi connectivity index (χ4v) is 2.64. The van der Waals surface area contributed by atoms with Crippen molar-refractivity contribution in [3.63, 3.8) is 0 Å². The Morgan fingerprint density at radius 2 is 2.06 bits per heavy atom. The van der Waals surface area contributed by atoms with Gasteiger partial charge in [-0.1, -0.05) is 20.3 Å². The number of nitrogen functional groups attached to an aromatic ring is 1. The van der Waals surface area contributed by atoms with E-state index in [0.717, 1.165) is 56.4 Å². The molecule has 1 saturated heterocycles. The van der Waals surface area contributed by atoms with Gasteiger partial charge >= 0.3 is 0 Å². The number of imidazole rings is 1. The van der Waals surface area contributed by atoms with Crippen molar-refractivity contribution >= 4 is 5.82 Å². The lowest BCUT2D eigenvalue weighted by molar-refractivity contribution is 0.0847. The molecule has 2 N–H and O–H groups in total. The summed E-state index contributed by atoms with van der Waals surface area (Å²) in [5, 5.41) is 0. The third kappa shape index (κ3) is 2.69. The minimum atomic E-state index is 0.493. The number of anilines is 1. The zero-order chi connectivity index (χ0) is 13.0. The van der Waals surface area contributed by atoms with E-state index in [1.807, 2.05) is 0 Å². The molecule has 4 nitrogen and oxygen atoms in total. The molecule has 18 heavy (non-hydrogen) atoms. The summed E-state index contributed by atoms with van der Waals surface area (Å²) >= 11 is 0. The minimum absolute atomic E-state index is 0.493. The first-order chi connectivity index (χ1) is 8.77. The van der Waals surface area contributed by atoms with Crippen molar-refractivity contribution in [3.05, 3.63) is 11.5 Å². The van der Waals surface area contributed by atoms with Crippen LogP contribution in [-0.2, 0) is 17.7 Å². The van der Waals surface area contributed by atoms with Crippen LogP contribution in [0.4, 0.5) is 5.82 Å². The number of hydrogen-bond acceptors (Lipinski definition) is 3. The van der Waals surface area contributed by atoms with Crippen molar-refractivity contribution in [2.75, 3.05) is 18.9 Å². The molecular formula is C14H25N3O. The highest BCUT2D eigenvalue weighted by atomic mass is 16.5. The summed E-state index contributed by atoms with van der Waals surface area (Å²) in [5.41, 5.74) is 7.43. The Balaban J connectivity index is 2.21. The summed E-state index contributed by atoms with van der Waals surface area (Å²) in [6.07, 6.45) is 5.42. The zero-order valence-electron chi connectivity index (χ0n) is 11.6. The fraction of sp³-hybridized carbons (Fsp3) is 0.786. The second kappa shape index (κ2) is 6.23. The molecule has 0 aromatic carbocycles. The molecule has 0 saturated carbocycles. The number of nitrogens with two attached hydrogens (primary N) is 1. The number of unbranched alkanes of at least 4 members (excludes halogenated alkanes) is 1. The predicted molar refractivity (Wildman–Crippen MR) is 73.7 cm³/mol. The largest absolute Gasteiger partial charge is 0.384 e. The van der Waals surface area contributed by atoms with Crippen LogP contribution in [-0.4, -0.2) is 22.8 Å². The lowest BCUT2D eigenvalue weighted by atomic mass is 9.96. The smallest absolute Gasteiger partial charge is 0.127 e. The van der Waals surface area contributed by atoms with Crippen LogP contribution in [0.1, 0.15) is 57.0 Å². The summed E-state index contributed by atoms with van der Waals surface area (Å²) in [6.45, 7) is 7.04. The van der Waals surface area contributed by atoms with Crippen molar-refractivity contribution in [1.82, 2.24) is 9.55 Å². The number of nitrogens with zero attached hydrogens (tertiary/aromatic N) is 2. The Morgan fingerprint density at radius 3 is 2.67 bits per heavy atom. The molecule has 4 heteroatoms. The molecule has 1 aromatic heterocycles. The molecule has 0 spiro atoms. The van der Waals surface area contributed by atoms with E-state index in [1.165, 1.54) is 12.8 Å². The van der Waals surface area contributed by atoms with Gasteiger partial charge in [0, 0.05) is 32.1 Å². The first kappa shape index (κ1) is 13.4. The van der Waals surface area contributed by atoms with Crippen LogP contribution in [0.15, 0.2) is 0 Å². The van der Waals surface area contributed by atoms with Crippen LogP contribution in [0.25, 0.3) is 0 Å². The summed E-state index contributed by atoms with van der Waals surface area (Å²) in [5.74, 6) is 2.53. The van der Waals surface area contributed by atoms with Crippen LogP contribution in [0.5, 0.6) is 0 Å². The van der Waals surface area contributed by atoms with Gasteiger partial charge in [-0.3, -0.25) is 0 Å². The van der Waals surface area contributed by atoms with Crippen LogP contribution in [0.2, 0.25) is 0 Å². The van der Waals surface area contributed by atoms with E-state index in [2.05, 4.69) is 18.4 Å². The van der Waals surface area contributed by atoms with Crippen LogP contribution >= 0.6 is 0 Å².